The zero-order valence-corrected chi connectivity index (χ0v) is 15.3. The molecule has 1 aromatic heterocycles. The van der Waals surface area contributed by atoms with E-state index in [1.165, 1.54) is 0 Å². The molecular formula is C17H23N2O4P. The molecule has 0 unspecified atom stereocenters. The van der Waals surface area contributed by atoms with Gasteiger partial charge in [0.1, 0.15) is 0 Å². The van der Waals surface area contributed by atoms with Crippen molar-refractivity contribution < 1.29 is 18.0 Å². The molecule has 2 rings (SSSR count). The first-order valence-electron chi connectivity index (χ1n) is 7.81. The van der Waals surface area contributed by atoms with Crippen LogP contribution in [-0.4, -0.2) is 32.3 Å². The van der Waals surface area contributed by atoms with Crippen molar-refractivity contribution >= 4 is 31.1 Å². The third-order valence-electron chi connectivity index (χ3n) is 3.09. The monoisotopic (exact) mass is 350 g/mol. The average Bonchev–Trinajstić information content (AvgIpc) is 3.00. The molecule has 0 fully saturated rings. The third kappa shape index (κ3) is 4.35. The van der Waals surface area contributed by atoms with Crippen LogP contribution in [0, 0.1) is 0 Å². The van der Waals surface area contributed by atoms with Crippen LogP contribution >= 0.6 is 7.60 Å². The van der Waals surface area contributed by atoms with E-state index in [1.807, 2.05) is 36.4 Å². The summed E-state index contributed by atoms with van der Waals surface area (Å²) in [5.74, 6) is 0.713. The summed E-state index contributed by atoms with van der Waals surface area (Å²) in [4.78, 5) is 6.05. The molecule has 0 amide bonds. The molecule has 0 bridgehead atoms. The minimum Gasteiger partial charge on any atom is -0.420 e. The zero-order valence-electron chi connectivity index (χ0n) is 14.4. The highest BCUT2D eigenvalue weighted by atomic mass is 31.2. The first-order valence-corrected chi connectivity index (χ1v) is 9.35. The number of nitrogens with zero attached hydrogens (tertiary/aromatic N) is 2. The molecule has 0 aliphatic heterocycles. The molecule has 0 atom stereocenters. The van der Waals surface area contributed by atoms with Gasteiger partial charge in [0.25, 0.3) is 0 Å². The number of aromatic nitrogens is 1. The van der Waals surface area contributed by atoms with Crippen molar-refractivity contribution in [3.63, 3.8) is 0 Å². The van der Waals surface area contributed by atoms with Crippen molar-refractivity contribution in [1.82, 2.24) is 4.98 Å². The van der Waals surface area contributed by atoms with Crippen molar-refractivity contribution in [3.05, 3.63) is 41.8 Å². The number of rotatable bonds is 8. The lowest BCUT2D eigenvalue weighted by atomic mass is 10.2. The van der Waals surface area contributed by atoms with Gasteiger partial charge in [-0.3, -0.25) is 4.57 Å². The standard InChI is InChI=1S/C17H23N2O4P/c1-5-21-24(20,22-6-2)16-17(19(3)4)23-15(18-16)13-12-14-10-8-7-9-11-14/h7-13H,5-6H2,1-4H3. The van der Waals surface area contributed by atoms with E-state index >= 15 is 0 Å². The van der Waals surface area contributed by atoms with Crippen LogP contribution < -0.4 is 10.3 Å². The largest absolute Gasteiger partial charge is 0.420 e. The molecule has 6 nitrogen and oxygen atoms in total. The van der Waals surface area contributed by atoms with Gasteiger partial charge in [-0.15, -0.1) is 0 Å². The van der Waals surface area contributed by atoms with Crippen LogP contribution in [0.2, 0.25) is 0 Å². The molecule has 24 heavy (non-hydrogen) atoms. The smallest absolute Gasteiger partial charge is 0.385 e. The topological polar surface area (TPSA) is 64.8 Å². The maximum Gasteiger partial charge on any atom is 0.385 e. The molecule has 1 aromatic carbocycles. The highest BCUT2D eigenvalue weighted by Crippen LogP contribution is 2.49. The summed E-state index contributed by atoms with van der Waals surface area (Å²) in [6.45, 7) is 4.03. The molecule has 0 aliphatic carbocycles. The van der Waals surface area contributed by atoms with Gasteiger partial charge in [0, 0.05) is 20.2 Å². The fourth-order valence-corrected chi connectivity index (χ4v) is 3.79. The predicted molar refractivity (Wildman–Crippen MR) is 96.7 cm³/mol. The van der Waals surface area contributed by atoms with Crippen LogP contribution in [0.15, 0.2) is 34.7 Å². The Morgan fingerprint density at radius 2 is 1.75 bits per heavy atom. The van der Waals surface area contributed by atoms with E-state index in [4.69, 9.17) is 13.5 Å². The molecule has 1 heterocycles. The van der Waals surface area contributed by atoms with E-state index in [0.29, 0.717) is 11.8 Å². The molecule has 7 heteroatoms. The fraction of sp³-hybridized carbons (Fsp3) is 0.353. The number of oxazole rings is 1. The number of benzene rings is 1. The second-order valence-electron chi connectivity index (χ2n) is 5.15. The summed E-state index contributed by atoms with van der Waals surface area (Å²) in [5.41, 5.74) is 1.21. The summed E-state index contributed by atoms with van der Waals surface area (Å²) in [7, 11) is 0.0588. The maximum absolute atomic E-state index is 13.0. The van der Waals surface area contributed by atoms with Gasteiger partial charge in [-0.2, -0.15) is 4.98 Å². The van der Waals surface area contributed by atoms with Crippen LogP contribution in [0.5, 0.6) is 0 Å². The van der Waals surface area contributed by atoms with Gasteiger partial charge in [0.05, 0.1) is 13.2 Å². The quantitative estimate of drug-likeness (QED) is 0.675. The van der Waals surface area contributed by atoms with E-state index < -0.39 is 7.60 Å². The number of hydrogen-bond donors (Lipinski definition) is 0. The molecule has 0 radical (unpaired) electrons. The lowest BCUT2D eigenvalue weighted by Gasteiger charge is -2.17. The molecule has 130 valence electrons. The zero-order chi connectivity index (χ0) is 17.6. The summed E-state index contributed by atoms with van der Waals surface area (Å²) >= 11 is 0. The van der Waals surface area contributed by atoms with Crippen LogP contribution in [0.3, 0.4) is 0 Å². The molecule has 0 saturated heterocycles. The van der Waals surface area contributed by atoms with Crippen LogP contribution in [0.25, 0.3) is 12.2 Å². The molecule has 0 saturated carbocycles. The van der Waals surface area contributed by atoms with E-state index in [9.17, 15) is 4.57 Å². The lowest BCUT2D eigenvalue weighted by Crippen LogP contribution is -2.20. The van der Waals surface area contributed by atoms with Crippen molar-refractivity contribution in [3.8, 4) is 0 Å². The van der Waals surface area contributed by atoms with Gasteiger partial charge in [0.15, 0.2) is 0 Å². The van der Waals surface area contributed by atoms with E-state index in [1.54, 1.807) is 38.9 Å². The predicted octanol–water partition coefficient (Wildman–Crippen LogP) is 3.80. The van der Waals surface area contributed by atoms with Crippen LogP contribution in [0.1, 0.15) is 25.3 Å². The summed E-state index contributed by atoms with van der Waals surface area (Å²) in [5, 5.41) is 0. The van der Waals surface area contributed by atoms with Gasteiger partial charge < -0.3 is 18.4 Å². The Bertz CT molecular complexity index is 715. The molecule has 0 aliphatic rings. The fourth-order valence-electron chi connectivity index (χ4n) is 2.09. The third-order valence-corrected chi connectivity index (χ3v) is 5.10. The normalized spacial score (nSPS) is 12.0. The summed E-state index contributed by atoms with van der Waals surface area (Å²) in [6, 6.07) is 9.79. The second kappa shape index (κ2) is 8.29. The van der Waals surface area contributed by atoms with Crippen molar-refractivity contribution in [2.75, 3.05) is 32.2 Å². The van der Waals surface area contributed by atoms with Crippen LogP contribution in [0.4, 0.5) is 5.88 Å². The van der Waals surface area contributed by atoms with Gasteiger partial charge in [-0.05, 0) is 25.5 Å². The van der Waals surface area contributed by atoms with Crippen molar-refractivity contribution in [1.29, 1.82) is 0 Å². The first kappa shape index (κ1) is 18.5. The highest BCUT2D eigenvalue weighted by Gasteiger charge is 2.36. The maximum atomic E-state index is 13.0. The molecule has 0 spiro atoms. The highest BCUT2D eigenvalue weighted by molar-refractivity contribution is 7.62. The second-order valence-corrected chi connectivity index (χ2v) is 7.09. The van der Waals surface area contributed by atoms with Gasteiger partial charge in [0.2, 0.25) is 17.2 Å². The Labute approximate surface area is 142 Å². The Morgan fingerprint density at radius 3 is 2.29 bits per heavy atom. The van der Waals surface area contributed by atoms with Crippen molar-refractivity contribution in [2.24, 2.45) is 0 Å². The van der Waals surface area contributed by atoms with Crippen molar-refractivity contribution in [2.45, 2.75) is 13.8 Å². The summed E-state index contributed by atoms with van der Waals surface area (Å²) < 4.78 is 29.5. The van der Waals surface area contributed by atoms with Gasteiger partial charge in [-0.1, -0.05) is 30.3 Å². The Hall–Kier alpha value is -1.88. The average molecular weight is 350 g/mol. The Balaban J connectivity index is 2.39. The van der Waals surface area contributed by atoms with E-state index in [-0.39, 0.29) is 18.6 Å². The number of anilines is 1. The van der Waals surface area contributed by atoms with E-state index in [0.717, 1.165) is 5.56 Å². The minimum atomic E-state index is -3.52. The van der Waals surface area contributed by atoms with Gasteiger partial charge in [-0.25, -0.2) is 0 Å². The minimum absolute atomic E-state index is 0.198. The molecular weight excluding hydrogens is 327 g/mol. The molecule has 0 N–H and O–H groups in total. The van der Waals surface area contributed by atoms with Gasteiger partial charge >= 0.3 is 7.60 Å². The molecule has 2 aromatic rings. The Morgan fingerprint density at radius 1 is 1.12 bits per heavy atom. The first-order chi connectivity index (χ1) is 11.5. The lowest BCUT2D eigenvalue weighted by molar-refractivity contribution is 0.229. The summed E-state index contributed by atoms with van der Waals surface area (Å²) in [6.07, 6.45) is 3.61. The van der Waals surface area contributed by atoms with Crippen LogP contribution in [-0.2, 0) is 13.6 Å². The SMILES string of the molecule is CCOP(=O)(OCC)c1nc(C=Cc2ccccc2)oc1N(C)C. The number of hydrogen-bond acceptors (Lipinski definition) is 6. The van der Waals surface area contributed by atoms with E-state index in [2.05, 4.69) is 4.98 Å². The Kier molecular flexibility index (Phi) is 6.37.